The van der Waals surface area contributed by atoms with Crippen molar-refractivity contribution in [3.05, 3.63) is 216 Å². The van der Waals surface area contributed by atoms with E-state index in [-0.39, 0.29) is 10.8 Å². The smallest absolute Gasteiger partial charge is 0.0991 e. The van der Waals surface area contributed by atoms with Gasteiger partial charge in [-0.1, -0.05) is 151 Å². The first-order valence-corrected chi connectivity index (χ1v) is 23.4. The zero-order valence-corrected chi connectivity index (χ0v) is 39.3. The Kier molecular flexibility index (Phi) is 10.0. The van der Waals surface area contributed by atoms with Crippen molar-refractivity contribution in [3.8, 4) is 68.0 Å². The molecule has 4 heteroatoms. The van der Waals surface area contributed by atoms with Crippen molar-refractivity contribution in [3.63, 3.8) is 0 Å². The highest BCUT2D eigenvalue weighted by Crippen LogP contribution is 2.48. The van der Waals surface area contributed by atoms with Crippen LogP contribution in [0.15, 0.2) is 194 Å². The highest BCUT2D eigenvalue weighted by Gasteiger charge is 2.27. The number of rotatable bonds is 6. The van der Waals surface area contributed by atoms with Gasteiger partial charge in [0.05, 0.1) is 56.7 Å². The van der Waals surface area contributed by atoms with E-state index in [9.17, 15) is 10.5 Å². The molecular formula is C64H50N4. The van der Waals surface area contributed by atoms with Gasteiger partial charge < -0.3 is 9.13 Å². The standard InChI is InChI=1S/C64H50N4/c1-63(2,3)49-25-29-57-53(37-49)54-38-50(64(4,5)6)26-30-58(54)68(57)60-32-31-59(61(47-21-13-15-41(33-47)39-65)62(60)48-22-14-16-42(34-48)40-66)67-55-27-23-45(43-17-9-7-10-18-43)35-51(55)52-36-46(24-28-56(52)67)44-19-11-8-12-20-44/h7-38H,1-6H3. The second-order valence-corrected chi connectivity index (χ2v) is 20.1. The van der Waals surface area contributed by atoms with Crippen LogP contribution < -0.4 is 0 Å². The van der Waals surface area contributed by atoms with Crippen molar-refractivity contribution in [2.45, 2.75) is 52.4 Å². The van der Waals surface area contributed by atoms with Crippen LogP contribution in [0.2, 0.25) is 0 Å². The fraction of sp³-hybridized carbons (Fsp3) is 0.125. The predicted molar refractivity (Wildman–Crippen MR) is 284 cm³/mol. The average Bonchev–Trinajstić information content (AvgIpc) is 3.87. The summed E-state index contributed by atoms with van der Waals surface area (Å²) in [6.07, 6.45) is 0. The molecule has 4 nitrogen and oxygen atoms in total. The first-order chi connectivity index (χ1) is 32.9. The van der Waals surface area contributed by atoms with Crippen LogP contribution in [0.5, 0.6) is 0 Å². The van der Waals surface area contributed by atoms with Gasteiger partial charge in [0, 0.05) is 32.7 Å². The summed E-state index contributed by atoms with van der Waals surface area (Å²) >= 11 is 0. The Morgan fingerprint density at radius 2 is 0.676 bits per heavy atom. The Labute approximate surface area is 398 Å². The van der Waals surface area contributed by atoms with Crippen molar-refractivity contribution < 1.29 is 0 Å². The summed E-state index contributed by atoms with van der Waals surface area (Å²) in [5.74, 6) is 0. The summed E-state index contributed by atoms with van der Waals surface area (Å²) in [6.45, 7) is 13.6. The van der Waals surface area contributed by atoms with Crippen molar-refractivity contribution in [2.75, 3.05) is 0 Å². The van der Waals surface area contributed by atoms with Crippen molar-refractivity contribution in [1.29, 1.82) is 10.5 Å². The van der Waals surface area contributed by atoms with Gasteiger partial charge in [-0.3, -0.25) is 0 Å². The molecule has 0 radical (unpaired) electrons. The normalized spacial score (nSPS) is 11.9. The number of nitriles is 2. The topological polar surface area (TPSA) is 57.4 Å². The molecule has 0 aliphatic carbocycles. The molecule has 2 heterocycles. The van der Waals surface area contributed by atoms with Gasteiger partial charge in [-0.15, -0.1) is 0 Å². The van der Waals surface area contributed by atoms with E-state index < -0.39 is 0 Å². The molecule has 0 spiro atoms. The van der Waals surface area contributed by atoms with Crippen LogP contribution in [0.1, 0.15) is 63.8 Å². The number of hydrogen-bond acceptors (Lipinski definition) is 2. The Morgan fingerprint density at radius 3 is 1.04 bits per heavy atom. The molecule has 0 saturated carbocycles. The summed E-state index contributed by atoms with van der Waals surface area (Å²) in [5.41, 5.74) is 18.2. The third-order valence-corrected chi connectivity index (χ3v) is 13.7. The minimum Gasteiger partial charge on any atom is -0.309 e. The second-order valence-electron chi connectivity index (χ2n) is 20.1. The maximum atomic E-state index is 10.4. The van der Waals surface area contributed by atoms with E-state index in [1.807, 2.05) is 36.4 Å². The van der Waals surface area contributed by atoms with Crippen LogP contribution in [-0.4, -0.2) is 9.13 Å². The third-order valence-electron chi connectivity index (χ3n) is 13.7. The maximum Gasteiger partial charge on any atom is 0.0991 e. The molecule has 2 aromatic heterocycles. The van der Waals surface area contributed by atoms with Crippen LogP contribution in [0.4, 0.5) is 0 Å². The van der Waals surface area contributed by atoms with Crippen molar-refractivity contribution in [2.24, 2.45) is 0 Å². The van der Waals surface area contributed by atoms with Crippen LogP contribution >= 0.6 is 0 Å². The van der Waals surface area contributed by atoms with Gasteiger partial charge in [-0.2, -0.15) is 10.5 Å². The highest BCUT2D eigenvalue weighted by atomic mass is 15.0. The average molecular weight is 875 g/mol. The second kappa shape index (κ2) is 16.2. The van der Waals surface area contributed by atoms with Gasteiger partial charge in [0.15, 0.2) is 0 Å². The molecule has 0 bridgehead atoms. The van der Waals surface area contributed by atoms with Gasteiger partial charge in [-0.05, 0) is 140 Å². The van der Waals surface area contributed by atoms with E-state index in [4.69, 9.17) is 0 Å². The summed E-state index contributed by atoms with van der Waals surface area (Å²) in [4.78, 5) is 0. The zero-order chi connectivity index (χ0) is 46.9. The first-order valence-electron chi connectivity index (χ1n) is 23.4. The summed E-state index contributed by atoms with van der Waals surface area (Å²) in [5, 5.41) is 25.5. The molecule has 0 fully saturated rings. The van der Waals surface area contributed by atoms with Gasteiger partial charge >= 0.3 is 0 Å². The van der Waals surface area contributed by atoms with E-state index in [1.165, 1.54) is 21.9 Å². The monoisotopic (exact) mass is 874 g/mol. The van der Waals surface area contributed by atoms with E-state index in [2.05, 4.69) is 221 Å². The molecule has 0 unspecified atom stereocenters. The molecule has 0 aliphatic heterocycles. The highest BCUT2D eigenvalue weighted by molar-refractivity contribution is 6.14. The van der Waals surface area contributed by atoms with E-state index in [1.54, 1.807) is 0 Å². The minimum absolute atomic E-state index is 0.0558. The fourth-order valence-corrected chi connectivity index (χ4v) is 10.1. The van der Waals surface area contributed by atoms with Crippen LogP contribution in [-0.2, 0) is 10.8 Å². The summed E-state index contributed by atoms with van der Waals surface area (Å²) in [7, 11) is 0. The van der Waals surface area contributed by atoms with Gasteiger partial charge in [0.1, 0.15) is 0 Å². The Balaban J connectivity index is 1.30. The fourth-order valence-electron chi connectivity index (χ4n) is 10.1. The lowest BCUT2D eigenvalue weighted by molar-refractivity contribution is 0.590. The Bertz CT molecular complexity index is 3710. The molecule has 0 atom stereocenters. The molecule has 11 rings (SSSR count). The SMILES string of the molecule is CC(C)(C)c1ccc2c(c1)c1cc(C(C)(C)C)ccc1n2-c1ccc(-n2c3ccc(-c4ccccc4)cc3c3cc(-c4ccccc4)ccc32)c(-c2cccc(C#N)c2)c1-c1cccc(C#N)c1. The van der Waals surface area contributed by atoms with Gasteiger partial charge in [0.2, 0.25) is 0 Å². The van der Waals surface area contributed by atoms with E-state index >= 15 is 0 Å². The molecule has 11 aromatic rings. The number of fused-ring (bicyclic) bond motifs is 6. The van der Waals surface area contributed by atoms with Crippen LogP contribution in [0.25, 0.3) is 99.5 Å². The summed E-state index contributed by atoms with van der Waals surface area (Å²) < 4.78 is 4.82. The van der Waals surface area contributed by atoms with E-state index in [0.717, 1.165) is 88.7 Å². The number of aromatic nitrogens is 2. The van der Waals surface area contributed by atoms with Crippen molar-refractivity contribution in [1.82, 2.24) is 9.13 Å². The lowest BCUT2D eigenvalue weighted by Crippen LogP contribution is -2.10. The first kappa shape index (κ1) is 42.2. The van der Waals surface area contributed by atoms with Gasteiger partial charge in [-0.25, -0.2) is 0 Å². The molecule has 0 amide bonds. The summed E-state index contributed by atoms with van der Waals surface area (Å²) in [6, 6.07) is 74.0. The van der Waals surface area contributed by atoms with E-state index in [0.29, 0.717) is 11.1 Å². The maximum absolute atomic E-state index is 10.4. The largest absolute Gasteiger partial charge is 0.309 e. The molecular weight excluding hydrogens is 825 g/mol. The molecule has 9 aromatic carbocycles. The number of hydrogen-bond donors (Lipinski definition) is 0. The Morgan fingerprint density at radius 1 is 0.324 bits per heavy atom. The number of nitrogens with zero attached hydrogens (tertiary/aromatic N) is 4. The molecule has 0 N–H and O–H groups in total. The Hall–Kier alpha value is -8.44. The van der Waals surface area contributed by atoms with Crippen LogP contribution in [0, 0.1) is 22.7 Å². The molecule has 326 valence electrons. The molecule has 68 heavy (non-hydrogen) atoms. The molecule has 0 saturated heterocycles. The minimum atomic E-state index is -0.0558. The lowest BCUT2D eigenvalue weighted by Gasteiger charge is -2.24. The molecule has 0 aliphatic rings. The zero-order valence-electron chi connectivity index (χ0n) is 39.3. The lowest BCUT2D eigenvalue weighted by atomic mass is 9.85. The van der Waals surface area contributed by atoms with Crippen LogP contribution in [0.3, 0.4) is 0 Å². The quantitative estimate of drug-likeness (QED) is 0.167. The van der Waals surface area contributed by atoms with Gasteiger partial charge in [0.25, 0.3) is 0 Å². The predicted octanol–water partition coefficient (Wildman–Crippen LogP) is 16.9. The van der Waals surface area contributed by atoms with Crippen molar-refractivity contribution >= 4 is 43.6 Å². The third kappa shape index (κ3) is 7.14. The number of benzene rings is 9.